The molecule has 140 valence electrons. The molecular weight excluding hydrogens is 316 g/mol. The van der Waals surface area contributed by atoms with Crippen molar-refractivity contribution in [1.82, 2.24) is 10.2 Å². The standard InChI is InChI=1S/C19H32N4O2/c1-15(14-23-10-6-5-7-11-23)13-21-19(20-2)22-16-8-9-17(24-3)18(12-16)25-4/h8-9,12,15H,5-7,10-11,13-14H2,1-4H3,(H2,20,21,22). The molecule has 1 aromatic rings. The topological polar surface area (TPSA) is 58.1 Å². The molecule has 0 saturated carbocycles. The first-order valence-corrected chi connectivity index (χ1v) is 9.08. The van der Waals surface area contributed by atoms with Crippen molar-refractivity contribution in [2.75, 3.05) is 52.8 Å². The molecule has 1 aliphatic rings. The smallest absolute Gasteiger partial charge is 0.195 e. The maximum absolute atomic E-state index is 5.34. The van der Waals surface area contributed by atoms with E-state index in [-0.39, 0.29) is 0 Å². The van der Waals surface area contributed by atoms with E-state index < -0.39 is 0 Å². The molecule has 1 aromatic carbocycles. The van der Waals surface area contributed by atoms with Gasteiger partial charge in [0.25, 0.3) is 0 Å². The summed E-state index contributed by atoms with van der Waals surface area (Å²) in [6.45, 7) is 6.79. The monoisotopic (exact) mass is 348 g/mol. The van der Waals surface area contributed by atoms with Crippen molar-refractivity contribution in [3.63, 3.8) is 0 Å². The van der Waals surface area contributed by atoms with E-state index in [0.717, 1.165) is 24.7 Å². The van der Waals surface area contributed by atoms with Gasteiger partial charge >= 0.3 is 0 Å². The van der Waals surface area contributed by atoms with Gasteiger partial charge in [-0.05, 0) is 44.0 Å². The minimum Gasteiger partial charge on any atom is -0.493 e. The van der Waals surface area contributed by atoms with Gasteiger partial charge < -0.3 is 25.0 Å². The first-order chi connectivity index (χ1) is 12.2. The van der Waals surface area contributed by atoms with Crippen LogP contribution in [-0.2, 0) is 0 Å². The molecule has 0 radical (unpaired) electrons. The second-order valence-electron chi connectivity index (χ2n) is 6.61. The van der Waals surface area contributed by atoms with Crippen molar-refractivity contribution < 1.29 is 9.47 Å². The average molecular weight is 348 g/mol. The van der Waals surface area contributed by atoms with Crippen LogP contribution in [-0.4, -0.2) is 58.3 Å². The van der Waals surface area contributed by atoms with Crippen molar-refractivity contribution in [2.45, 2.75) is 26.2 Å². The zero-order valence-electron chi connectivity index (χ0n) is 16.0. The number of guanidine groups is 1. The highest BCUT2D eigenvalue weighted by Gasteiger charge is 2.14. The summed E-state index contributed by atoms with van der Waals surface area (Å²) in [5.74, 6) is 2.74. The lowest BCUT2D eigenvalue weighted by atomic mass is 10.1. The number of methoxy groups -OCH3 is 2. The molecule has 0 spiro atoms. The summed E-state index contributed by atoms with van der Waals surface area (Å²) in [6.07, 6.45) is 4.05. The lowest BCUT2D eigenvalue weighted by Gasteiger charge is -2.29. The molecule has 6 nitrogen and oxygen atoms in total. The van der Waals surface area contributed by atoms with Gasteiger partial charge in [0.1, 0.15) is 0 Å². The Morgan fingerprint density at radius 3 is 2.52 bits per heavy atom. The number of piperidine rings is 1. The van der Waals surface area contributed by atoms with Crippen LogP contribution in [0.1, 0.15) is 26.2 Å². The molecular formula is C19H32N4O2. The van der Waals surface area contributed by atoms with Gasteiger partial charge in [-0.15, -0.1) is 0 Å². The van der Waals surface area contributed by atoms with E-state index in [4.69, 9.17) is 9.47 Å². The Bertz CT molecular complexity index is 556. The summed E-state index contributed by atoms with van der Waals surface area (Å²) >= 11 is 0. The lowest BCUT2D eigenvalue weighted by Crippen LogP contribution is -2.39. The third-order valence-electron chi connectivity index (χ3n) is 4.51. The molecule has 0 bridgehead atoms. The zero-order valence-corrected chi connectivity index (χ0v) is 16.0. The molecule has 0 amide bonds. The molecule has 1 fully saturated rings. The van der Waals surface area contributed by atoms with Crippen LogP contribution in [0, 0.1) is 5.92 Å². The Morgan fingerprint density at radius 1 is 1.16 bits per heavy atom. The minimum atomic E-state index is 0.571. The maximum Gasteiger partial charge on any atom is 0.195 e. The zero-order chi connectivity index (χ0) is 18.1. The SMILES string of the molecule is CN=C(NCC(C)CN1CCCCC1)Nc1ccc(OC)c(OC)c1. The van der Waals surface area contributed by atoms with Crippen molar-refractivity contribution in [2.24, 2.45) is 10.9 Å². The molecule has 1 atom stereocenters. The molecule has 1 heterocycles. The lowest BCUT2D eigenvalue weighted by molar-refractivity contribution is 0.201. The average Bonchev–Trinajstić information content (AvgIpc) is 2.65. The predicted molar refractivity (Wildman–Crippen MR) is 104 cm³/mol. The van der Waals surface area contributed by atoms with Crippen LogP contribution in [0.3, 0.4) is 0 Å². The van der Waals surface area contributed by atoms with Crippen LogP contribution >= 0.6 is 0 Å². The summed E-state index contributed by atoms with van der Waals surface area (Å²) in [5.41, 5.74) is 0.912. The van der Waals surface area contributed by atoms with Crippen molar-refractivity contribution in [3.8, 4) is 11.5 Å². The van der Waals surface area contributed by atoms with Crippen molar-refractivity contribution in [1.29, 1.82) is 0 Å². The van der Waals surface area contributed by atoms with Gasteiger partial charge in [-0.25, -0.2) is 0 Å². The third kappa shape index (κ3) is 6.12. The van der Waals surface area contributed by atoms with Gasteiger partial charge in [0.2, 0.25) is 0 Å². The van der Waals surface area contributed by atoms with E-state index in [0.29, 0.717) is 17.4 Å². The molecule has 2 rings (SSSR count). The normalized spacial score (nSPS) is 17.0. The van der Waals surface area contributed by atoms with Crippen molar-refractivity contribution in [3.05, 3.63) is 18.2 Å². The highest BCUT2D eigenvalue weighted by Crippen LogP contribution is 2.29. The number of rotatable bonds is 7. The summed E-state index contributed by atoms with van der Waals surface area (Å²) in [7, 11) is 5.05. The first kappa shape index (κ1) is 19.4. The minimum absolute atomic E-state index is 0.571. The fraction of sp³-hybridized carbons (Fsp3) is 0.632. The maximum atomic E-state index is 5.34. The Kier molecular flexibility index (Phi) is 7.85. The number of nitrogens with zero attached hydrogens (tertiary/aromatic N) is 2. The summed E-state index contributed by atoms with van der Waals surface area (Å²) in [5, 5.41) is 6.72. The molecule has 0 aliphatic carbocycles. The third-order valence-corrected chi connectivity index (χ3v) is 4.51. The number of benzene rings is 1. The van der Waals surface area contributed by atoms with Crippen LogP contribution in [0.25, 0.3) is 0 Å². The van der Waals surface area contributed by atoms with Crippen LogP contribution < -0.4 is 20.1 Å². The fourth-order valence-corrected chi connectivity index (χ4v) is 3.15. The first-order valence-electron chi connectivity index (χ1n) is 9.08. The number of hydrogen-bond donors (Lipinski definition) is 2. The van der Waals surface area contributed by atoms with Gasteiger partial charge in [0, 0.05) is 31.9 Å². The summed E-state index contributed by atoms with van der Waals surface area (Å²) in [4.78, 5) is 6.88. The predicted octanol–water partition coefficient (Wildman–Crippen LogP) is 2.81. The van der Waals surface area contributed by atoms with Gasteiger partial charge in [-0.3, -0.25) is 4.99 Å². The second-order valence-corrected chi connectivity index (χ2v) is 6.61. The van der Waals surface area contributed by atoms with Gasteiger partial charge in [-0.2, -0.15) is 0 Å². The number of hydrogen-bond acceptors (Lipinski definition) is 4. The Hall–Kier alpha value is -1.95. The van der Waals surface area contributed by atoms with Crippen molar-refractivity contribution >= 4 is 11.6 Å². The van der Waals surface area contributed by atoms with Gasteiger partial charge in [-0.1, -0.05) is 13.3 Å². The van der Waals surface area contributed by atoms with Gasteiger partial charge in [0.15, 0.2) is 17.5 Å². The molecule has 6 heteroatoms. The Balaban J connectivity index is 1.83. The molecule has 25 heavy (non-hydrogen) atoms. The Morgan fingerprint density at radius 2 is 1.88 bits per heavy atom. The van der Waals surface area contributed by atoms with Crippen LogP contribution in [0.2, 0.25) is 0 Å². The highest BCUT2D eigenvalue weighted by atomic mass is 16.5. The number of nitrogens with one attached hydrogen (secondary N) is 2. The van der Waals surface area contributed by atoms with E-state index in [9.17, 15) is 0 Å². The number of anilines is 1. The second kappa shape index (κ2) is 10.1. The Labute approximate surface area is 151 Å². The molecule has 1 unspecified atom stereocenters. The van der Waals surface area contributed by atoms with E-state index >= 15 is 0 Å². The quantitative estimate of drug-likeness (QED) is 0.586. The largest absolute Gasteiger partial charge is 0.493 e. The van der Waals surface area contributed by atoms with E-state index in [1.165, 1.54) is 32.4 Å². The summed E-state index contributed by atoms with van der Waals surface area (Å²) in [6, 6.07) is 5.74. The number of ether oxygens (including phenoxy) is 2. The van der Waals surface area contributed by atoms with Gasteiger partial charge in [0.05, 0.1) is 14.2 Å². The molecule has 1 aliphatic heterocycles. The van der Waals surface area contributed by atoms with E-state index in [1.54, 1.807) is 21.3 Å². The number of likely N-dealkylation sites (tertiary alicyclic amines) is 1. The van der Waals surface area contributed by atoms with Crippen LogP contribution in [0.5, 0.6) is 11.5 Å². The molecule has 1 saturated heterocycles. The fourth-order valence-electron chi connectivity index (χ4n) is 3.15. The molecule has 2 N–H and O–H groups in total. The van der Waals surface area contributed by atoms with E-state index in [1.807, 2.05) is 18.2 Å². The highest BCUT2D eigenvalue weighted by molar-refractivity contribution is 5.93. The number of aliphatic imine (C=N–C) groups is 1. The summed E-state index contributed by atoms with van der Waals surface area (Å²) < 4.78 is 10.6. The van der Waals surface area contributed by atoms with E-state index in [2.05, 4.69) is 27.4 Å². The van der Waals surface area contributed by atoms with Crippen LogP contribution in [0.4, 0.5) is 5.69 Å². The molecule has 0 aromatic heterocycles. The van der Waals surface area contributed by atoms with Crippen LogP contribution in [0.15, 0.2) is 23.2 Å².